The molecule has 3 aromatic carbocycles. The predicted octanol–water partition coefficient (Wildman–Crippen LogP) is -7.46. The molecule has 0 aliphatic heterocycles. The van der Waals surface area contributed by atoms with Gasteiger partial charge in [0.1, 0.15) is 17.5 Å². The molecule has 0 aliphatic carbocycles. The number of hydrogen-bond acceptors (Lipinski definition) is 10. The molecular weight excluding hydrogens is 744 g/mol. The van der Waals surface area contributed by atoms with Crippen molar-refractivity contribution < 1.29 is 184 Å². The van der Waals surface area contributed by atoms with Crippen LogP contribution in [0.3, 0.4) is 0 Å². The monoisotopic (exact) mass is 779 g/mol. The van der Waals surface area contributed by atoms with Crippen LogP contribution in [0.2, 0.25) is 0 Å². The summed E-state index contributed by atoms with van der Waals surface area (Å²) >= 11 is 0. The first kappa shape index (κ1) is 45.7. The van der Waals surface area contributed by atoms with Gasteiger partial charge in [0.15, 0.2) is 0 Å². The fourth-order valence-corrected chi connectivity index (χ4v) is 6.40. The summed E-state index contributed by atoms with van der Waals surface area (Å²) in [6.07, 6.45) is 0.874. The summed E-state index contributed by atoms with van der Waals surface area (Å²) in [5.74, 6) is -1.12. The van der Waals surface area contributed by atoms with E-state index >= 15 is 0 Å². The van der Waals surface area contributed by atoms with Gasteiger partial charge in [-0.25, -0.2) is 15.0 Å². The van der Waals surface area contributed by atoms with Crippen LogP contribution in [0.4, 0.5) is 0 Å². The van der Waals surface area contributed by atoms with Crippen molar-refractivity contribution in [2.24, 2.45) is 0 Å². The number of imidazole rings is 3. The van der Waals surface area contributed by atoms with Crippen molar-refractivity contribution in [3.8, 4) is 0 Å². The zero-order valence-corrected chi connectivity index (χ0v) is 39.4. The number of benzene rings is 3. The Morgan fingerprint density at radius 2 is 0.750 bits per heavy atom. The molecule has 0 saturated heterocycles. The molecule has 0 radical (unpaired) electrons. The van der Waals surface area contributed by atoms with Crippen molar-refractivity contribution in [1.29, 1.82) is 0 Å². The largest absolute Gasteiger partial charge is 1.00 e. The predicted molar refractivity (Wildman–Crippen MR) is 175 cm³/mol. The Bertz CT molecular complexity index is 1890. The third-order valence-electron chi connectivity index (χ3n) is 8.58. The molecule has 0 unspecified atom stereocenters. The summed E-state index contributed by atoms with van der Waals surface area (Å²) in [7, 11) is 0. The summed E-state index contributed by atoms with van der Waals surface area (Å²) in [4.78, 5) is 50.8. The normalized spacial score (nSPS) is 11.0. The van der Waals surface area contributed by atoms with Gasteiger partial charge < -0.3 is 43.4 Å². The van der Waals surface area contributed by atoms with E-state index in [0.29, 0.717) is 58.5 Å². The standard InChI is InChI=1S/C36H39N7O6.3K/c44-34(45)16-7-19-41-28-13-4-1-10-25(28)37-31(41)22-40(23-32-38-26-11-2-5-14-29(26)42(32)20-8-17-35(46)47)24-33-39-27-12-3-6-15-30(27)43(33)21-9-18-36(48)49;;;/h1-6,10-15H,7-9,16-24H2,(H,44,45)(H,46,47)(H,48,49);;;/q;3*+1/p-3. The van der Waals surface area contributed by atoms with E-state index in [4.69, 9.17) is 15.0 Å². The Hall–Kier alpha value is -0.651. The van der Waals surface area contributed by atoms with Crippen molar-refractivity contribution >= 4 is 51.0 Å². The summed E-state index contributed by atoms with van der Waals surface area (Å²) < 4.78 is 6.12. The number of aryl methyl sites for hydroxylation is 3. The molecule has 0 amide bonds. The van der Waals surface area contributed by atoms with Crippen LogP contribution < -0.4 is 169 Å². The van der Waals surface area contributed by atoms with E-state index in [2.05, 4.69) is 4.90 Å². The van der Waals surface area contributed by atoms with E-state index in [9.17, 15) is 29.7 Å². The van der Waals surface area contributed by atoms with Crippen LogP contribution in [0, 0.1) is 0 Å². The first-order valence-corrected chi connectivity index (χ1v) is 16.4. The second-order valence-corrected chi connectivity index (χ2v) is 12.1. The number of hydrogen-bond donors (Lipinski definition) is 0. The number of para-hydroxylation sites is 6. The van der Waals surface area contributed by atoms with Gasteiger partial charge in [0, 0.05) is 37.5 Å². The number of fused-ring (bicyclic) bond motifs is 3. The van der Waals surface area contributed by atoms with Gasteiger partial charge in [0.25, 0.3) is 0 Å². The minimum Gasteiger partial charge on any atom is -0.550 e. The number of carboxylic acid groups (broad SMARTS) is 3. The molecule has 0 N–H and O–H groups in total. The van der Waals surface area contributed by atoms with Crippen molar-refractivity contribution in [3.05, 3.63) is 90.3 Å². The van der Waals surface area contributed by atoms with E-state index in [-0.39, 0.29) is 173 Å². The Labute approximate surface area is 428 Å². The first-order valence-electron chi connectivity index (χ1n) is 16.4. The minimum absolute atomic E-state index is 0. The third-order valence-corrected chi connectivity index (χ3v) is 8.58. The van der Waals surface area contributed by atoms with Gasteiger partial charge >= 0.3 is 154 Å². The van der Waals surface area contributed by atoms with Gasteiger partial charge in [-0.2, -0.15) is 0 Å². The van der Waals surface area contributed by atoms with Crippen LogP contribution in [-0.4, -0.2) is 51.5 Å². The summed E-state index contributed by atoms with van der Waals surface area (Å²) in [6.45, 7) is 2.35. The smallest absolute Gasteiger partial charge is 0.550 e. The summed E-state index contributed by atoms with van der Waals surface area (Å²) in [5, 5.41) is 33.8. The average Bonchev–Trinajstić information content (AvgIpc) is 3.71. The zero-order chi connectivity index (χ0) is 34.3. The number of rotatable bonds is 18. The van der Waals surface area contributed by atoms with Gasteiger partial charge in [0.2, 0.25) is 0 Å². The van der Waals surface area contributed by atoms with Crippen LogP contribution >= 0.6 is 0 Å². The molecule has 6 rings (SSSR count). The molecule has 0 atom stereocenters. The molecule has 0 fully saturated rings. The SMILES string of the molecule is O=C([O-])CCCn1c(CN(Cc2nc3ccccc3n2CCCC(=O)[O-])Cc2nc3ccccc3n2CCCC(=O)[O-])nc2ccccc21.[K+].[K+].[K+]. The Morgan fingerprint density at radius 1 is 0.481 bits per heavy atom. The van der Waals surface area contributed by atoms with E-state index in [1.807, 2.05) is 86.5 Å². The number of carboxylic acids is 3. The molecule has 0 aliphatic rings. The summed E-state index contributed by atoms with van der Waals surface area (Å²) in [5.41, 5.74) is 5.03. The fraction of sp³-hybridized carbons (Fsp3) is 0.333. The molecule has 254 valence electrons. The van der Waals surface area contributed by atoms with Gasteiger partial charge in [-0.15, -0.1) is 0 Å². The molecule has 3 heterocycles. The number of carbonyl (C=O) groups excluding carboxylic acids is 3. The number of nitrogens with zero attached hydrogens (tertiary/aromatic N) is 7. The maximum atomic E-state index is 11.3. The second-order valence-electron chi connectivity index (χ2n) is 12.1. The Balaban J connectivity index is 0.00000243. The summed E-state index contributed by atoms with van der Waals surface area (Å²) in [6, 6.07) is 23.1. The Kier molecular flexibility index (Phi) is 19.5. The van der Waals surface area contributed by atoms with Crippen LogP contribution in [0.1, 0.15) is 56.0 Å². The molecule has 0 spiro atoms. The zero-order valence-electron chi connectivity index (χ0n) is 30.0. The second kappa shape index (κ2) is 22.2. The van der Waals surface area contributed by atoms with Crippen molar-refractivity contribution in [2.45, 2.75) is 77.8 Å². The van der Waals surface area contributed by atoms with E-state index in [1.54, 1.807) is 0 Å². The van der Waals surface area contributed by atoms with Gasteiger partial charge in [-0.3, -0.25) is 4.90 Å². The molecule has 16 heteroatoms. The van der Waals surface area contributed by atoms with Crippen LogP contribution in [0.25, 0.3) is 33.1 Å². The number of aliphatic carboxylic acids is 3. The van der Waals surface area contributed by atoms with Crippen LogP contribution in [0.15, 0.2) is 72.8 Å². The van der Waals surface area contributed by atoms with Crippen molar-refractivity contribution in [1.82, 2.24) is 33.6 Å². The van der Waals surface area contributed by atoms with Crippen LogP contribution in [-0.2, 0) is 53.7 Å². The average molecular weight is 780 g/mol. The first-order chi connectivity index (χ1) is 23.8. The fourth-order valence-electron chi connectivity index (χ4n) is 6.40. The number of carbonyl (C=O) groups is 3. The molecular formula is C36H36K3N7O6. The van der Waals surface area contributed by atoms with Gasteiger partial charge in [0.05, 0.1) is 52.7 Å². The van der Waals surface area contributed by atoms with E-state index < -0.39 is 17.9 Å². The number of aromatic nitrogens is 6. The van der Waals surface area contributed by atoms with Crippen molar-refractivity contribution in [3.63, 3.8) is 0 Å². The van der Waals surface area contributed by atoms with Gasteiger partial charge in [-0.1, -0.05) is 36.4 Å². The molecule has 13 nitrogen and oxygen atoms in total. The van der Waals surface area contributed by atoms with Gasteiger partial charge in [-0.05, 0) is 74.9 Å². The Morgan fingerprint density at radius 3 is 1.02 bits per heavy atom. The minimum atomic E-state index is -1.11. The molecule has 3 aromatic heterocycles. The maximum absolute atomic E-state index is 11.3. The van der Waals surface area contributed by atoms with E-state index in [0.717, 1.165) is 50.6 Å². The quantitative estimate of drug-likeness (QED) is 0.0763. The maximum Gasteiger partial charge on any atom is 1.00 e. The topological polar surface area (TPSA) is 177 Å². The molecule has 0 bridgehead atoms. The molecule has 0 saturated carbocycles. The van der Waals surface area contributed by atoms with Crippen LogP contribution in [0.5, 0.6) is 0 Å². The third kappa shape index (κ3) is 11.9. The molecule has 52 heavy (non-hydrogen) atoms. The van der Waals surface area contributed by atoms with E-state index in [1.165, 1.54) is 0 Å². The van der Waals surface area contributed by atoms with Crippen molar-refractivity contribution in [2.75, 3.05) is 0 Å². The molecule has 6 aromatic rings.